The molecule has 2 rings (SSSR count). The number of guanidine groups is 1. The summed E-state index contributed by atoms with van der Waals surface area (Å²) in [4.78, 5) is 4.25. The molecule has 0 amide bonds. The summed E-state index contributed by atoms with van der Waals surface area (Å²) in [5, 5.41) is 6.67. The Bertz CT molecular complexity index is 472. The molecule has 1 saturated carbocycles. The SMILES string of the molecule is CN=C(NCC1CCCOC1C(C)(C)C)NC1CCC(C(F)(F)F)CC1.I. The van der Waals surface area contributed by atoms with Crippen molar-refractivity contribution >= 4 is 29.9 Å². The molecule has 27 heavy (non-hydrogen) atoms. The van der Waals surface area contributed by atoms with Crippen molar-refractivity contribution in [2.45, 2.75) is 77.6 Å². The molecule has 8 heteroatoms. The van der Waals surface area contributed by atoms with Crippen LogP contribution in [-0.2, 0) is 4.74 Å². The molecule has 1 saturated heterocycles. The fraction of sp³-hybridized carbons (Fsp3) is 0.947. The molecule has 4 nitrogen and oxygen atoms in total. The average Bonchev–Trinajstić information content (AvgIpc) is 2.57. The van der Waals surface area contributed by atoms with Crippen molar-refractivity contribution in [3.63, 3.8) is 0 Å². The molecule has 2 fully saturated rings. The number of hydrogen-bond donors (Lipinski definition) is 2. The summed E-state index contributed by atoms with van der Waals surface area (Å²) in [6, 6.07) is 0.0563. The van der Waals surface area contributed by atoms with Gasteiger partial charge >= 0.3 is 6.18 Å². The molecule has 0 bridgehead atoms. The van der Waals surface area contributed by atoms with Gasteiger partial charge in [-0.05, 0) is 43.9 Å². The highest BCUT2D eigenvalue weighted by molar-refractivity contribution is 14.0. The van der Waals surface area contributed by atoms with E-state index in [-0.39, 0.29) is 54.4 Å². The quantitative estimate of drug-likeness (QED) is 0.331. The third-order valence-corrected chi connectivity index (χ3v) is 5.58. The highest BCUT2D eigenvalue weighted by atomic mass is 127. The second kappa shape index (κ2) is 10.5. The van der Waals surface area contributed by atoms with Gasteiger partial charge in [0.05, 0.1) is 12.0 Å². The summed E-state index contributed by atoms with van der Waals surface area (Å²) in [7, 11) is 1.70. The molecule has 0 spiro atoms. The minimum Gasteiger partial charge on any atom is -0.377 e. The normalized spacial score (nSPS) is 30.4. The van der Waals surface area contributed by atoms with Gasteiger partial charge in [-0.15, -0.1) is 24.0 Å². The number of hydrogen-bond acceptors (Lipinski definition) is 2. The van der Waals surface area contributed by atoms with E-state index in [1.54, 1.807) is 7.05 Å². The van der Waals surface area contributed by atoms with Crippen LogP contribution >= 0.6 is 24.0 Å². The lowest BCUT2D eigenvalue weighted by Gasteiger charge is -2.40. The number of aliphatic imine (C=N–C) groups is 1. The summed E-state index contributed by atoms with van der Waals surface area (Å²) in [6.07, 6.45) is -0.238. The second-order valence-electron chi connectivity index (χ2n) is 8.75. The van der Waals surface area contributed by atoms with E-state index >= 15 is 0 Å². The molecule has 2 atom stereocenters. The standard InChI is InChI=1S/C19H34F3N3O.HI/c1-18(2,3)16-13(6-5-11-26-16)12-24-17(23-4)25-15-9-7-14(8-10-15)19(20,21)22;/h13-16H,5-12H2,1-4H3,(H2,23,24,25);1H. The smallest absolute Gasteiger partial charge is 0.377 e. The topological polar surface area (TPSA) is 45.7 Å². The molecular formula is C19H35F3IN3O. The van der Waals surface area contributed by atoms with Gasteiger partial charge in [-0.1, -0.05) is 20.8 Å². The van der Waals surface area contributed by atoms with Crippen LogP contribution in [0.1, 0.15) is 59.3 Å². The zero-order chi connectivity index (χ0) is 19.4. The number of nitrogens with zero attached hydrogens (tertiary/aromatic N) is 1. The monoisotopic (exact) mass is 505 g/mol. The van der Waals surface area contributed by atoms with E-state index in [4.69, 9.17) is 4.74 Å². The van der Waals surface area contributed by atoms with Crippen LogP contribution < -0.4 is 10.6 Å². The maximum atomic E-state index is 12.8. The Morgan fingerprint density at radius 3 is 2.22 bits per heavy atom. The Labute approximate surface area is 178 Å². The number of halogens is 4. The summed E-state index contributed by atoms with van der Waals surface area (Å²) in [5.74, 6) is -0.0654. The van der Waals surface area contributed by atoms with Crippen molar-refractivity contribution in [1.82, 2.24) is 10.6 Å². The molecule has 0 radical (unpaired) electrons. The number of alkyl halides is 3. The van der Waals surface area contributed by atoms with Crippen LogP contribution in [0.4, 0.5) is 13.2 Å². The molecule has 1 aliphatic heterocycles. The van der Waals surface area contributed by atoms with Crippen LogP contribution in [-0.4, -0.2) is 44.5 Å². The van der Waals surface area contributed by atoms with Gasteiger partial charge in [0.25, 0.3) is 0 Å². The molecule has 1 aliphatic carbocycles. The number of rotatable bonds is 3. The van der Waals surface area contributed by atoms with Crippen LogP contribution in [0.15, 0.2) is 4.99 Å². The molecular weight excluding hydrogens is 470 g/mol. The van der Waals surface area contributed by atoms with E-state index < -0.39 is 12.1 Å². The third-order valence-electron chi connectivity index (χ3n) is 5.58. The molecule has 2 N–H and O–H groups in total. The van der Waals surface area contributed by atoms with Gasteiger partial charge in [-0.3, -0.25) is 4.99 Å². The molecule has 0 aromatic rings. The maximum Gasteiger partial charge on any atom is 0.391 e. The van der Waals surface area contributed by atoms with Crippen molar-refractivity contribution < 1.29 is 17.9 Å². The Hall–Kier alpha value is -0.250. The summed E-state index contributed by atoms with van der Waals surface area (Å²) in [5.41, 5.74) is 0.0830. The Morgan fingerprint density at radius 2 is 1.70 bits per heavy atom. The lowest BCUT2D eigenvalue weighted by atomic mass is 9.78. The zero-order valence-corrected chi connectivity index (χ0v) is 19.2. The first-order valence-electron chi connectivity index (χ1n) is 9.76. The van der Waals surface area contributed by atoms with Crippen molar-refractivity contribution in [3.8, 4) is 0 Å². The Balaban J connectivity index is 0.00000364. The van der Waals surface area contributed by atoms with E-state index in [2.05, 4.69) is 36.4 Å². The lowest BCUT2D eigenvalue weighted by molar-refractivity contribution is -0.182. The zero-order valence-electron chi connectivity index (χ0n) is 16.9. The van der Waals surface area contributed by atoms with Crippen LogP contribution in [0.2, 0.25) is 0 Å². The minimum absolute atomic E-state index is 0. The van der Waals surface area contributed by atoms with E-state index in [0.717, 1.165) is 26.0 Å². The number of ether oxygens (including phenoxy) is 1. The molecule has 0 aromatic heterocycles. The van der Waals surface area contributed by atoms with Crippen LogP contribution in [0.5, 0.6) is 0 Å². The summed E-state index contributed by atoms with van der Waals surface area (Å²) >= 11 is 0. The largest absolute Gasteiger partial charge is 0.391 e. The number of nitrogens with one attached hydrogen (secondary N) is 2. The van der Waals surface area contributed by atoms with Crippen molar-refractivity contribution in [3.05, 3.63) is 0 Å². The highest BCUT2D eigenvalue weighted by Gasteiger charge is 2.41. The molecule has 2 aliphatic rings. The summed E-state index contributed by atoms with van der Waals surface area (Å²) in [6.45, 7) is 8.17. The second-order valence-corrected chi connectivity index (χ2v) is 8.75. The first-order valence-corrected chi connectivity index (χ1v) is 9.76. The minimum atomic E-state index is -4.06. The fourth-order valence-corrected chi connectivity index (χ4v) is 4.19. The van der Waals surface area contributed by atoms with Crippen molar-refractivity contribution in [2.24, 2.45) is 22.2 Å². The average molecular weight is 505 g/mol. The molecule has 1 heterocycles. The highest BCUT2D eigenvalue weighted by Crippen LogP contribution is 2.37. The van der Waals surface area contributed by atoms with E-state index in [1.807, 2.05) is 0 Å². The Morgan fingerprint density at radius 1 is 1.07 bits per heavy atom. The van der Waals surface area contributed by atoms with Gasteiger partial charge in [0.1, 0.15) is 0 Å². The third kappa shape index (κ3) is 7.59. The van der Waals surface area contributed by atoms with Crippen LogP contribution in [0, 0.1) is 17.3 Å². The van der Waals surface area contributed by atoms with Gasteiger partial charge in [0.15, 0.2) is 5.96 Å². The van der Waals surface area contributed by atoms with Gasteiger partial charge in [0.2, 0.25) is 0 Å². The molecule has 2 unspecified atom stereocenters. The fourth-order valence-electron chi connectivity index (χ4n) is 4.19. The van der Waals surface area contributed by atoms with Gasteiger partial charge in [0, 0.05) is 32.2 Å². The first-order chi connectivity index (χ1) is 12.1. The predicted molar refractivity (Wildman–Crippen MR) is 114 cm³/mol. The molecule has 160 valence electrons. The van der Waals surface area contributed by atoms with Gasteiger partial charge < -0.3 is 15.4 Å². The maximum absolute atomic E-state index is 12.8. The first kappa shape index (κ1) is 24.8. The van der Waals surface area contributed by atoms with Crippen LogP contribution in [0.25, 0.3) is 0 Å². The van der Waals surface area contributed by atoms with Crippen LogP contribution in [0.3, 0.4) is 0 Å². The summed E-state index contributed by atoms with van der Waals surface area (Å²) < 4.78 is 44.4. The van der Waals surface area contributed by atoms with E-state index in [1.165, 1.54) is 0 Å². The Kier molecular flexibility index (Phi) is 9.64. The lowest BCUT2D eigenvalue weighted by Crippen LogP contribution is -2.50. The van der Waals surface area contributed by atoms with Crippen molar-refractivity contribution in [1.29, 1.82) is 0 Å². The van der Waals surface area contributed by atoms with Gasteiger partial charge in [-0.25, -0.2) is 0 Å². The van der Waals surface area contributed by atoms with E-state index in [9.17, 15) is 13.2 Å². The van der Waals surface area contributed by atoms with Crippen molar-refractivity contribution in [2.75, 3.05) is 20.2 Å². The molecule has 0 aromatic carbocycles. The van der Waals surface area contributed by atoms with E-state index in [0.29, 0.717) is 24.7 Å². The predicted octanol–water partition coefficient (Wildman–Crippen LogP) is 4.73. The van der Waals surface area contributed by atoms with Gasteiger partial charge in [-0.2, -0.15) is 13.2 Å².